The van der Waals surface area contributed by atoms with E-state index >= 15 is 0 Å². The molecule has 3 rings (SSSR count). The summed E-state index contributed by atoms with van der Waals surface area (Å²) in [7, 11) is -0.594. The van der Waals surface area contributed by atoms with Gasteiger partial charge in [-0.3, -0.25) is 4.79 Å². The molecule has 0 aliphatic heterocycles. The summed E-state index contributed by atoms with van der Waals surface area (Å²) in [6, 6.07) is 17.2. The van der Waals surface area contributed by atoms with Crippen molar-refractivity contribution in [2.45, 2.75) is 11.4 Å². The predicted molar refractivity (Wildman–Crippen MR) is 120 cm³/mol. The maximum absolute atomic E-state index is 13.2. The van der Waals surface area contributed by atoms with Crippen LogP contribution < -0.4 is 10.6 Å². The number of carbonyl (C=O) groups is 1. The third-order valence-corrected chi connectivity index (χ3v) is 6.63. The van der Waals surface area contributed by atoms with Crippen molar-refractivity contribution in [2.24, 2.45) is 0 Å². The SMILES string of the molecule is CN(C)S(=O)(=O)c1cccc(CNc2ccccc2C(=O)Nc2ccc(F)cc2Cl)c1. The van der Waals surface area contributed by atoms with Gasteiger partial charge in [-0.2, -0.15) is 0 Å². The summed E-state index contributed by atoms with van der Waals surface area (Å²) in [4.78, 5) is 12.9. The zero-order valence-electron chi connectivity index (χ0n) is 16.9. The first-order valence-corrected chi connectivity index (χ1v) is 11.1. The average Bonchev–Trinajstić information content (AvgIpc) is 2.74. The Hall–Kier alpha value is -2.94. The van der Waals surface area contributed by atoms with Gasteiger partial charge in [0.15, 0.2) is 0 Å². The van der Waals surface area contributed by atoms with E-state index in [2.05, 4.69) is 10.6 Å². The summed E-state index contributed by atoms with van der Waals surface area (Å²) in [6.45, 7) is 0.304. The lowest BCUT2D eigenvalue weighted by molar-refractivity contribution is 0.102. The van der Waals surface area contributed by atoms with Gasteiger partial charge >= 0.3 is 0 Å². The van der Waals surface area contributed by atoms with E-state index in [1.165, 1.54) is 32.3 Å². The van der Waals surface area contributed by atoms with Gasteiger partial charge in [-0.05, 0) is 48.0 Å². The molecule has 6 nitrogen and oxygen atoms in total. The van der Waals surface area contributed by atoms with E-state index in [-0.39, 0.29) is 9.92 Å². The Balaban J connectivity index is 1.78. The van der Waals surface area contributed by atoms with E-state index in [0.29, 0.717) is 23.5 Å². The van der Waals surface area contributed by atoms with Gasteiger partial charge in [0.25, 0.3) is 5.91 Å². The molecule has 0 aliphatic carbocycles. The van der Waals surface area contributed by atoms with Gasteiger partial charge < -0.3 is 10.6 Å². The highest BCUT2D eigenvalue weighted by atomic mass is 35.5. The van der Waals surface area contributed by atoms with Crippen molar-refractivity contribution < 1.29 is 17.6 Å². The van der Waals surface area contributed by atoms with Crippen molar-refractivity contribution in [1.29, 1.82) is 0 Å². The second-order valence-electron chi connectivity index (χ2n) is 6.91. The zero-order valence-corrected chi connectivity index (χ0v) is 18.5. The number of hydrogen-bond acceptors (Lipinski definition) is 4. The summed E-state index contributed by atoms with van der Waals surface area (Å²) in [5.74, 6) is -0.913. The highest BCUT2D eigenvalue weighted by Crippen LogP contribution is 2.25. The topological polar surface area (TPSA) is 78.5 Å². The molecule has 9 heteroatoms. The molecule has 0 aromatic heterocycles. The summed E-state index contributed by atoms with van der Waals surface area (Å²) in [5, 5.41) is 5.93. The van der Waals surface area contributed by atoms with Gasteiger partial charge in [-0.1, -0.05) is 35.9 Å². The third-order valence-electron chi connectivity index (χ3n) is 4.51. The van der Waals surface area contributed by atoms with Crippen molar-refractivity contribution in [3.63, 3.8) is 0 Å². The quantitative estimate of drug-likeness (QED) is 0.539. The number of sulfonamides is 1. The van der Waals surface area contributed by atoms with Gasteiger partial charge in [0, 0.05) is 26.3 Å². The fraction of sp³-hybridized carbons (Fsp3) is 0.136. The average molecular weight is 462 g/mol. The number of hydrogen-bond donors (Lipinski definition) is 2. The molecule has 0 bridgehead atoms. The van der Waals surface area contributed by atoms with Crippen LogP contribution in [0.15, 0.2) is 71.6 Å². The number of rotatable bonds is 7. The van der Waals surface area contributed by atoms with E-state index in [1.807, 2.05) is 0 Å². The van der Waals surface area contributed by atoms with E-state index in [9.17, 15) is 17.6 Å². The molecule has 0 unspecified atom stereocenters. The van der Waals surface area contributed by atoms with Crippen LogP contribution in [0.1, 0.15) is 15.9 Å². The minimum Gasteiger partial charge on any atom is -0.380 e. The van der Waals surface area contributed by atoms with Crippen molar-refractivity contribution in [2.75, 3.05) is 24.7 Å². The molecular formula is C22H21ClFN3O3S. The minimum atomic E-state index is -3.54. The zero-order chi connectivity index (χ0) is 22.6. The molecule has 0 saturated carbocycles. The summed E-state index contributed by atoms with van der Waals surface area (Å²) in [6.07, 6.45) is 0. The third kappa shape index (κ3) is 5.41. The highest BCUT2D eigenvalue weighted by molar-refractivity contribution is 7.89. The number of nitrogens with one attached hydrogen (secondary N) is 2. The molecule has 31 heavy (non-hydrogen) atoms. The number of carbonyl (C=O) groups excluding carboxylic acids is 1. The Morgan fingerprint density at radius 1 is 1.00 bits per heavy atom. The fourth-order valence-corrected chi connectivity index (χ4v) is 4.03. The van der Waals surface area contributed by atoms with Crippen LogP contribution in [0.2, 0.25) is 5.02 Å². The molecule has 3 aromatic carbocycles. The number of amides is 1. The summed E-state index contributed by atoms with van der Waals surface area (Å²) < 4.78 is 39.1. The van der Waals surface area contributed by atoms with Gasteiger partial charge in [0.1, 0.15) is 5.82 Å². The molecule has 0 spiro atoms. The number of anilines is 2. The first-order chi connectivity index (χ1) is 14.7. The predicted octanol–water partition coefficient (Wildman–Crippen LogP) is 4.59. The Kier molecular flexibility index (Phi) is 6.94. The van der Waals surface area contributed by atoms with Crippen molar-refractivity contribution in [3.8, 4) is 0 Å². The monoisotopic (exact) mass is 461 g/mol. The lowest BCUT2D eigenvalue weighted by atomic mass is 10.1. The van der Waals surface area contributed by atoms with E-state index in [0.717, 1.165) is 15.9 Å². The van der Waals surface area contributed by atoms with Crippen molar-refractivity contribution in [3.05, 3.63) is 88.7 Å². The Labute approximate surface area is 185 Å². The largest absolute Gasteiger partial charge is 0.380 e. The van der Waals surface area contributed by atoms with Crippen LogP contribution in [0.3, 0.4) is 0 Å². The second-order valence-corrected chi connectivity index (χ2v) is 9.47. The molecule has 0 atom stereocenters. The molecule has 162 valence electrons. The van der Waals surface area contributed by atoms with Crippen LogP contribution in [0.4, 0.5) is 15.8 Å². The van der Waals surface area contributed by atoms with Gasteiger partial charge in [-0.15, -0.1) is 0 Å². The molecule has 0 saturated heterocycles. The Bertz CT molecular complexity index is 1220. The highest BCUT2D eigenvalue weighted by Gasteiger charge is 2.17. The summed E-state index contributed by atoms with van der Waals surface area (Å²) >= 11 is 5.99. The maximum Gasteiger partial charge on any atom is 0.257 e. The van der Waals surface area contributed by atoms with Crippen LogP contribution in [0, 0.1) is 5.82 Å². The van der Waals surface area contributed by atoms with Crippen LogP contribution in [0.25, 0.3) is 0 Å². The van der Waals surface area contributed by atoms with Crippen LogP contribution in [-0.4, -0.2) is 32.7 Å². The minimum absolute atomic E-state index is 0.0951. The first-order valence-electron chi connectivity index (χ1n) is 9.29. The molecule has 0 heterocycles. The molecule has 0 fully saturated rings. The normalized spacial score (nSPS) is 11.4. The number of halogens is 2. The van der Waals surface area contributed by atoms with Gasteiger partial charge in [0.05, 0.1) is 21.2 Å². The molecule has 0 aliphatic rings. The van der Waals surface area contributed by atoms with Crippen LogP contribution in [-0.2, 0) is 16.6 Å². The van der Waals surface area contributed by atoms with Crippen LogP contribution in [0.5, 0.6) is 0 Å². The first kappa shape index (κ1) is 22.7. The van der Waals surface area contributed by atoms with Crippen molar-refractivity contribution in [1.82, 2.24) is 4.31 Å². The number of para-hydroxylation sites is 1. The number of nitrogens with zero attached hydrogens (tertiary/aromatic N) is 1. The molecular weight excluding hydrogens is 441 g/mol. The van der Waals surface area contributed by atoms with Crippen molar-refractivity contribution >= 4 is 38.9 Å². The van der Waals surface area contributed by atoms with Gasteiger partial charge in [-0.25, -0.2) is 17.1 Å². The Morgan fingerprint density at radius 2 is 1.74 bits per heavy atom. The molecule has 3 aromatic rings. The smallest absolute Gasteiger partial charge is 0.257 e. The maximum atomic E-state index is 13.2. The second kappa shape index (κ2) is 9.47. The lowest BCUT2D eigenvalue weighted by Crippen LogP contribution is -2.22. The standard InChI is InChI=1S/C22H21ClFN3O3S/c1-27(2)31(29,30)17-7-5-6-15(12-17)14-25-20-9-4-3-8-18(20)22(28)26-21-11-10-16(24)13-19(21)23/h3-13,25H,14H2,1-2H3,(H,26,28). The lowest BCUT2D eigenvalue weighted by Gasteiger charge is -2.14. The summed E-state index contributed by atoms with van der Waals surface area (Å²) in [5.41, 5.74) is 1.95. The number of benzene rings is 3. The van der Waals surface area contributed by atoms with E-state index in [4.69, 9.17) is 11.6 Å². The molecule has 2 N–H and O–H groups in total. The van der Waals surface area contributed by atoms with Crippen LogP contribution >= 0.6 is 11.6 Å². The van der Waals surface area contributed by atoms with E-state index < -0.39 is 21.7 Å². The Morgan fingerprint density at radius 3 is 2.45 bits per heavy atom. The van der Waals surface area contributed by atoms with E-state index in [1.54, 1.807) is 42.5 Å². The van der Waals surface area contributed by atoms with Gasteiger partial charge in [0.2, 0.25) is 10.0 Å². The molecule has 1 amide bonds. The molecule has 0 radical (unpaired) electrons. The fourth-order valence-electron chi connectivity index (χ4n) is 2.84.